The fourth-order valence-corrected chi connectivity index (χ4v) is 9.20. The number of anilines is 2. The first-order valence-corrected chi connectivity index (χ1v) is 17.5. The lowest BCUT2D eigenvalue weighted by atomic mass is 9.83. The number of halogens is 2. The van der Waals surface area contributed by atoms with Crippen molar-refractivity contribution in [3.05, 3.63) is 102 Å². The number of nitrogens with one attached hydrogen (secondary N) is 1. The van der Waals surface area contributed by atoms with Crippen molar-refractivity contribution in [1.29, 1.82) is 0 Å². The number of aromatic nitrogens is 1. The molecule has 220 valence electrons. The molecule has 0 spiro atoms. The molecule has 2 aliphatic rings. The van der Waals surface area contributed by atoms with Crippen LogP contribution >= 0.6 is 55.0 Å². The van der Waals surface area contributed by atoms with Crippen molar-refractivity contribution in [3.63, 3.8) is 0 Å². The van der Waals surface area contributed by atoms with Crippen LogP contribution in [-0.4, -0.2) is 36.0 Å². The Kier molecular flexibility index (Phi) is 7.98. The Morgan fingerprint density at radius 2 is 1.63 bits per heavy atom. The highest BCUT2D eigenvalue weighted by Crippen LogP contribution is 2.54. The molecule has 1 saturated heterocycles. The number of primary sulfonamides is 1. The lowest BCUT2D eigenvalue weighted by molar-refractivity contribution is -0.122. The van der Waals surface area contributed by atoms with Crippen LogP contribution in [0.5, 0.6) is 0 Å². The molecule has 0 saturated carbocycles. The van der Waals surface area contributed by atoms with Crippen molar-refractivity contribution in [1.82, 2.24) is 4.57 Å². The van der Waals surface area contributed by atoms with Gasteiger partial charge in [0.2, 0.25) is 27.7 Å². The SMILES string of the molecule is NS(=O)(=O)c1ccc(NC(=O)Cn2c3c(sc2=O)[C@H](c2cccc(Br)c2)C2C(=O)N(c4ccc(Br)cc4)C(=O)C2S3)cc1. The number of thioether (sulfide) groups is 1. The van der Waals surface area contributed by atoms with Crippen LogP contribution in [-0.2, 0) is 31.0 Å². The van der Waals surface area contributed by atoms with Crippen LogP contribution in [0.1, 0.15) is 16.4 Å². The Bertz CT molecular complexity index is 1960. The van der Waals surface area contributed by atoms with Gasteiger partial charge in [-0.25, -0.2) is 18.5 Å². The van der Waals surface area contributed by atoms with Crippen LogP contribution in [0.4, 0.5) is 11.4 Å². The number of carbonyl (C=O) groups excluding carboxylic acids is 3. The van der Waals surface area contributed by atoms with Gasteiger partial charge in [0.25, 0.3) is 0 Å². The molecule has 0 radical (unpaired) electrons. The monoisotopic (exact) mass is 762 g/mol. The van der Waals surface area contributed by atoms with E-state index in [1.807, 2.05) is 24.3 Å². The van der Waals surface area contributed by atoms with E-state index >= 15 is 0 Å². The number of rotatable bonds is 6. The summed E-state index contributed by atoms with van der Waals surface area (Å²) in [6.45, 7) is -0.351. The van der Waals surface area contributed by atoms with E-state index in [1.54, 1.807) is 24.3 Å². The minimum atomic E-state index is -3.89. The summed E-state index contributed by atoms with van der Waals surface area (Å²) in [5.74, 6) is -2.63. The third-order valence-corrected chi connectivity index (χ3v) is 11.7. The fraction of sp³-hybridized carbons (Fsp3) is 0.143. The maximum Gasteiger partial charge on any atom is 0.308 e. The molecule has 3 heterocycles. The van der Waals surface area contributed by atoms with Gasteiger partial charge in [0.05, 0.1) is 21.5 Å². The molecule has 4 aromatic rings. The zero-order valence-electron chi connectivity index (χ0n) is 21.8. The summed E-state index contributed by atoms with van der Waals surface area (Å²) in [7, 11) is -3.89. The van der Waals surface area contributed by atoms with Crippen molar-refractivity contribution in [2.24, 2.45) is 11.1 Å². The number of benzene rings is 3. The van der Waals surface area contributed by atoms with E-state index < -0.39 is 43.8 Å². The van der Waals surface area contributed by atoms with Crippen LogP contribution in [0.15, 0.2) is 96.5 Å². The van der Waals surface area contributed by atoms with E-state index in [4.69, 9.17) is 5.14 Å². The van der Waals surface area contributed by atoms with Crippen molar-refractivity contribution >= 4 is 94.1 Å². The largest absolute Gasteiger partial charge is 0.325 e. The summed E-state index contributed by atoms with van der Waals surface area (Å²) in [5, 5.41) is 7.44. The summed E-state index contributed by atoms with van der Waals surface area (Å²) >= 11 is 8.95. The third-order valence-electron chi connectivity index (χ3n) is 7.11. The Hall–Kier alpha value is -3.08. The molecule has 2 aliphatic heterocycles. The number of hydrogen-bond donors (Lipinski definition) is 2. The van der Waals surface area contributed by atoms with E-state index in [0.29, 0.717) is 21.3 Å². The van der Waals surface area contributed by atoms with Crippen LogP contribution in [0.3, 0.4) is 0 Å². The standard InChI is InChI=1S/C28H20Br2N4O6S3/c29-15-4-8-18(9-5-15)34-25(36)22-21(14-2-1-3-16(30)12-14)24-27(41-23(22)26(34)37)33(28(38)42-24)13-20(35)32-17-6-10-19(11-7-17)43(31,39)40/h1-12,21-23H,13H2,(H,32,35)(H2,31,39,40)/t21-,22?,23?/m1/s1. The number of nitrogens with two attached hydrogens (primary N) is 1. The first-order valence-electron chi connectivity index (χ1n) is 12.6. The molecule has 3 atom stereocenters. The molecule has 3 amide bonds. The number of sulfonamides is 1. The van der Waals surface area contributed by atoms with Gasteiger partial charge in [-0.1, -0.05) is 67.1 Å². The van der Waals surface area contributed by atoms with Gasteiger partial charge in [-0.3, -0.25) is 23.7 Å². The number of nitrogens with zero attached hydrogens (tertiary/aromatic N) is 2. The lowest BCUT2D eigenvalue weighted by Crippen LogP contribution is -2.33. The average molecular weight is 764 g/mol. The van der Waals surface area contributed by atoms with Gasteiger partial charge < -0.3 is 5.32 Å². The van der Waals surface area contributed by atoms with Crippen molar-refractivity contribution in [2.75, 3.05) is 10.2 Å². The molecule has 6 rings (SSSR count). The number of fused-ring (bicyclic) bond motifs is 2. The Morgan fingerprint density at radius 3 is 2.28 bits per heavy atom. The van der Waals surface area contributed by atoms with E-state index in [9.17, 15) is 27.6 Å². The molecule has 2 unspecified atom stereocenters. The highest BCUT2D eigenvalue weighted by Gasteiger charge is 2.56. The van der Waals surface area contributed by atoms with E-state index in [1.165, 1.54) is 33.7 Å². The Morgan fingerprint density at radius 1 is 0.930 bits per heavy atom. The van der Waals surface area contributed by atoms with E-state index in [-0.39, 0.29) is 17.3 Å². The van der Waals surface area contributed by atoms with Gasteiger partial charge >= 0.3 is 4.87 Å². The predicted octanol–water partition coefficient (Wildman–Crippen LogP) is 4.52. The highest BCUT2D eigenvalue weighted by molar-refractivity contribution is 9.10. The molecule has 1 fully saturated rings. The van der Waals surface area contributed by atoms with Crippen molar-refractivity contribution in [3.8, 4) is 0 Å². The summed E-state index contributed by atoms with van der Waals surface area (Å²) in [4.78, 5) is 55.4. The molecule has 43 heavy (non-hydrogen) atoms. The second kappa shape index (κ2) is 11.4. The number of carbonyl (C=O) groups is 3. The minimum Gasteiger partial charge on any atom is -0.325 e. The predicted molar refractivity (Wildman–Crippen MR) is 171 cm³/mol. The summed E-state index contributed by atoms with van der Waals surface area (Å²) < 4.78 is 26.0. The van der Waals surface area contributed by atoms with E-state index in [2.05, 4.69) is 37.2 Å². The molecule has 10 nitrogen and oxygen atoms in total. The van der Waals surface area contributed by atoms with Gasteiger partial charge in [0.15, 0.2) is 0 Å². The Balaban J connectivity index is 1.37. The highest BCUT2D eigenvalue weighted by atomic mass is 79.9. The first-order chi connectivity index (χ1) is 20.4. The van der Waals surface area contributed by atoms with Crippen LogP contribution in [0.2, 0.25) is 0 Å². The van der Waals surface area contributed by atoms with Gasteiger partial charge in [-0.15, -0.1) is 0 Å². The lowest BCUT2D eigenvalue weighted by Gasteiger charge is -2.30. The molecule has 15 heteroatoms. The summed E-state index contributed by atoms with van der Waals surface area (Å²) in [6, 6.07) is 19.6. The van der Waals surface area contributed by atoms with Gasteiger partial charge in [0.1, 0.15) is 11.8 Å². The summed E-state index contributed by atoms with van der Waals surface area (Å²) in [6.07, 6.45) is 0. The topological polar surface area (TPSA) is 149 Å². The van der Waals surface area contributed by atoms with Crippen LogP contribution in [0.25, 0.3) is 0 Å². The first kappa shape index (κ1) is 30.0. The molecular formula is C28H20Br2N4O6S3. The molecule has 0 aliphatic carbocycles. The van der Waals surface area contributed by atoms with Gasteiger partial charge in [-0.05, 0) is 66.2 Å². The average Bonchev–Trinajstić information content (AvgIpc) is 3.39. The van der Waals surface area contributed by atoms with Crippen LogP contribution < -0.4 is 20.2 Å². The van der Waals surface area contributed by atoms with Gasteiger partial charge in [-0.2, -0.15) is 0 Å². The second-order valence-electron chi connectivity index (χ2n) is 9.83. The normalized spacial score (nSPS) is 19.7. The van der Waals surface area contributed by atoms with Gasteiger partial charge in [0, 0.05) is 25.4 Å². The van der Waals surface area contributed by atoms with Crippen molar-refractivity contribution in [2.45, 2.75) is 27.6 Å². The molecule has 3 aromatic carbocycles. The quantitative estimate of drug-likeness (QED) is 0.275. The number of thiazole rings is 1. The smallest absolute Gasteiger partial charge is 0.308 e. The third kappa shape index (κ3) is 5.65. The molecule has 3 N–H and O–H groups in total. The molecule has 1 aromatic heterocycles. The Labute approximate surface area is 270 Å². The van der Waals surface area contributed by atoms with E-state index in [0.717, 1.165) is 37.6 Å². The maximum absolute atomic E-state index is 14.0. The maximum atomic E-state index is 14.0. The number of hydrogen-bond acceptors (Lipinski definition) is 8. The van der Waals surface area contributed by atoms with Crippen molar-refractivity contribution < 1.29 is 22.8 Å². The number of amides is 3. The number of imide groups is 1. The summed E-state index contributed by atoms with van der Waals surface area (Å²) in [5.41, 5.74) is 1.53. The van der Waals surface area contributed by atoms with Crippen LogP contribution in [0, 0.1) is 5.92 Å². The zero-order valence-corrected chi connectivity index (χ0v) is 27.4. The zero-order chi connectivity index (χ0) is 30.6. The second-order valence-corrected chi connectivity index (χ2v) is 15.3. The fourth-order valence-electron chi connectivity index (χ4n) is 5.23. The minimum absolute atomic E-state index is 0.105. The molecule has 0 bridgehead atoms. The molecular weight excluding hydrogens is 744 g/mol.